The molecule has 0 fully saturated rings. The number of aryl methyl sites for hydroxylation is 2. The summed E-state index contributed by atoms with van der Waals surface area (Å²) in [7, 11) is 2.07. The standard InChI is InChI=1S/C16H26N2O.C2H2O4/c1-5-6-8-18(4)9-7-16(19)17-15-11-13(2)10-14(3)12-15;3-1(4)2(5)6/h10-12H,5-9H2,1-4H3,(H,17,19);(H,3,4)(H,5,6). The van der Waals surface area contributed by atoms with Crippen molar-refractivity contribution in [1.29, 1.82) is 0 Å². The van der Waals surface area contributed by atoms with E-state index in [-0.39, 0.29) is 5.91 Å². The molecule has 140 valence electrons. The zero-order valence-corrected chi connectivity index (χ0v) is 15.3. The second-order valence-electron chi connectivity index (χ2n) is 5.94. The smallest absolute Gasteiger partial charge is 0.414 e. The Balaban J connectivity index is 0.000000823. The fraction of sp³-hybridized carbons (Fsp3) is 0.500. The fourth-order valence-electron chi connectivity index (χ4n) is 2.10. The predicted molar refractivity (Wildman–Crippen MR) is 96.8 cm³/mol. The predicted octanol–water partition coefficient (Wildman–Crippen LogP) is 2.52. The Hall–Kier alpha value is -2.41. The number of carboxylic acid groups (broad SMARTS) is 2. The number of benzene rings is 1. The number of hydrogen-bond acceptors (Lipinski definition) is 4. The first kappa shape index (κ1) is 22.6. The molecule has 25 heavy (non-hydrogen) atoms. The number of carbonyl (C=O) groups excluding carboxylic acids is 1. The first-order valence-electron chi connectivity index (χ1n) is 8.18. The van der Waals surface area contributed by atoms with E-state index in [0.717, 1.165) is 18.8 Å². The first-order chi connectivity index (χ1) is 11.6. The van der Waals surface area contributed by atoms with E-state index in [1.165, 1.54) is 24.0 Å². The highest BCUT2D eigenvalue weighted by Crippen LogP contribution is 2.13. The Labute approximate surface area is 148 Å². The third-order valence-corrected chi connectivity index (χ3v) is 3.30. The van der Waals surface area contributed by atoms with Crippen LogP contribution in [0.2, 0.25) is 0 Å². The summed E-state index contributed by atoms with van der Waals surface area (Å²) < 4.78 is 0. The average molecular weight is 352 g/mol. The topological polar surface area (TPSA) is 107 Å². The molecule has 0 saturated heterocycles. The minimum Gasteiger partial charge on any atom is -0.473 e. The summed E-state index contributed by atoms with van der Waals surface area (Å²) in [6.45, 7) is 8.15. The first-order valence-corrected chi connectivity index (χ1v) is 8.18. The van der Waals surface area contributed by atoms with Gasteiger partial charge in [-0.25, -0.2) is 9.59 Å². The van der Waals surface area contributed by atoms with Crippen LogP contribution in [-0.2, 0) is 14.4 Å². The fourth-order valence-corrected chi connectivity index (χ4v) is 2.10. The molecule has 1 aromatic carbocycles. The molecule has 0 aliphatic rings. The summed E-state index contributed by atoms with van der Waals surface area (Å²) in [5.74, 6) is -3.56. The molecule has 0 aliphatic heterocycles. The average Bonchev–Trinajstić information content (AvgIpc) is 2.50. The number of hydrogen-bond donors (Lipinski definition) is 3. The van der Waals surface area contributed by atoms with Crippen molar-refractivity contribution in [3.05, 3.63) is 29.3 Å². The van der Waals surface area contributed by atoms with Crippen LogP contribution in [-0.4, -0.2) is 53.1 Å². The molecule has 1 rings (SSSR count). The van der Waals surface area contributed by atoms with Gasteiger partial charge in [0.2, 0.25) is 5.91 Å². The quantitative estimate of drug-likeness (QED) is 0.651. The van der Waals surface area contributed by atoms with Crippen LogP contribution >= 0.6 is 0 Å². The number of nitrogens with zero attached hydrogens (tertiary/aromatic N) is 1. The number of carbonyl (C=O) groups is 3. The van der Waals surface area contributed by atoms with Crippen LogP contribution in [0, 0.1) is 13.8 Å². The summed E-state index contributed by atoms with van der Waals surface area (Å²) in [6, 6.07) is 6.12. The van der Waals surface area contributed by atoms with E-state index in [0.29, 0.717) is 6.42 Å². The number of rotatable bonds is 7. The molecule has 0 aliphatic carbocycles. The van der Waals surface area contributed by atoms with Crippen LogP contribution < -0.4 is 5.32 Å². The molecule has 1 aromatic rings. The number of amides is 1. The minimum atomic E-state index is -1.82. The lowest BCUT2D eigenvalue weighted by Crippen LogP contribution is -2.25. The maximum atomic E-state index is 11.9. The van der Waals surface area contributed by atoms with Gasteiger partial charge in [-0.05, 0) is 57.1 Å². The van der Waals surface area contributed by atoms with Gasteiger partial charge in [-0.15, -0.1) is 0 Å². The zero-order chi connectivity index (χ0) is 19.4. The SMILES string of the molecule is CCCCN(C)CCC(=O)Nc1cc(C)cc(C)c1.O=C(O)C(=O)O. The molecule has 1 amide bonds. The number of unbranched alkanes of at least 4 members (excludes halogenated alkanes) is 1. The summed E-state index contributed by atoms with van der Waals surface area (Å²) in [5, 5.41) is 17.8. The molecule has 3 N–H and O–H groups in total. The zero-order valence-electron chi connectivity index (χ0n) is 15.3. The molecule has 0 unspecified atom stereocenters. The Morgan fingerprint density at radius 1 is 1.00 bits per heavy atom. The van der Waals surface area contributed by atoms with Gasteiger partial charge in [0.1, 0.15) is 0 Å². The van der Waals surface area contributed by atoms with Crippen LogP contribution in [0.15, 0.2) is 18.2 Å². The second kappa shape index (κ2) is 12.0. The van der Waals surface area contributed by atoms with E-state index >= 15 is 0 Å². The van der Waals surface area contributed by atoms with Crippen molar-refractivity contribution in [3.8, 4) is 0 Å². The number of carboxylic acids is 2. The van der Waals surface area contributed by atoms with E-state index in [1.807, 2.05) is 26.0 Å². The monoisotopic (exact) mass is 352 g/mol. The number of aliphatic carboxylic acids is 2. The molecule has 0 saturated carbocycles. The van der Waals surface area contributed by atoms with Gasteiger partial charge in [-0.2, -0.15) is 0 Å². The summed E-state index contributed by atoms with van der Waals surface area (Å²) in [4.78, 5) is 32.3. The Kier molecular flexibility index (Phi) is 10.9. The Morgan fingerprint density at radius 3 is 1.96 bits per heavy atom. The Morgan fingerprint density at radius 2 is 1.52 bits per heavy atom. The number of anilines is 1. The van der Waals surface area contributed by atoms with Crippen molar-refractivity contribution in [2.24, 2.45) is 0 Å². The molecule has 7 nitrogen and oxygen atoms in total. The Bertz CT molecular complexity index is 555. The van der Waals surface area contributed by atoms with Crippen LogP contribution in [0.3, 0.4) is 0 Å². The molecule has 0 aromatic heterocycles. The molecule has 0 heterocycles. The third kappa shape index (κ3) is 11.7. The maximum absolute atomic E-state index is 11.9. The molecule has 7 heteroatoms. The molecule has 0 atom stereocenters. The lowest BCUT2D eigenvalue weighted by Gasteiger charge is -2.15. The van der Waals surface area contributed by atoms with Gasteiger partial charge >= 0.3 is 11.9 Å². The van der Waals surface area contributed by atoms with Crippen LogP contribution in [0.25, 0.3) is 0 Å². The highest BCUT2D eigenvalue weighted by Gasteiger charge is 2.06. The summed E-state index contributed by atoms with van der Waals surface area (Å²) in [5.41, 5.74) is 3.25. The van der Waals surface area contributed by atoms with Gasteiger partial charge in [0.25, 0.3) is 0 Å². The normalized spacial score (nSPS) is 9.96. The third-order valence-electron chi connectivity index (χ3n) is 3.30. The van der Waals surface area contributed by atoms with E-state index < -0.39 is 11.9 Å². The van der Waals surface area contributed by atoms with Crippen molar-refractivity contribution in [2.75, 3.05) is 25.5 Å². The van der Waals surface area contributed by atoms with E-state index in [1.54, 1.807) is 0 Å². The lowest BCUT2D eigenvalue weighted by atomic mass is 10.1. The van der Waals surface area contributed by atoms with Gasteiger partial charge < -0.3 is 20.4 Å². The highest BCUT2D eigenvalue weighted by molar-refractivity contribution is 6.27. The van der Waals surface area contributed by atoms with Gasteiger partial charge in [0.05, 0.1) is 0 Å². The minimum absolute atomic E-state index is 0.0911. The number of nitrogens with one attached hydrogen (secondary N) is 1. The van der Waals surface area contributed by atoms with Gasteiger partial charge in [-0.1, -0.05) is 19.4 Å². The van der Waals surface area contributed by atoms with Gasteiger partial charge in [0.15, 0.2) is 0 Å². The van der Waals surface area contributed by atoms with E-state index in [9.17, 15) is 4.79 Å². The van der Waals surface area contributed by atoms with Crippen LogP contribution in [0.1, 0.15) is 37.3 Å². The molecule has 0 spiro atoms. The van der Waals surface area contributed by atoms with E-state index in [4.69, 9.17) is 19.8 Å². The second-order valence-corrected chi connectivity index (χ2v) is 5.94. The largest absolute Gasteiger partial charge is 0.473 e. The lowest BCUT2D eigenvalue weighted by molar-refractivity contribution is -0.159. The summed E-state index contributed by atoms with van der Waals surface area (Å²) in [6.07, 6.45) is 2.93. The van der Waals surface area contributed by atoms with Crippen molar-refractivity contribution in [1.82, 2.24) is 4.90 Å². The van der Waals surface area contributed by atoms with Crippen molar-refractivity contribution in [3.63, 3.8) is 0 Å². The molecular weight excluding hydrogens is 324 g/mol. The van der Waals surface area contributed by atoms with Gasteiger partial charge in [0, 0.05) is 18.7 Å². The molecule has 0 radical (unpaired) electrons. The highest BCUT2D eigenvalue weighted by atomic mass is 16.4. The van der Waals surface area contributed by atoms with Crippen molar-refractivity contribution in [2.45, 2.75) is 40.0 Å². The van der Waals surface area contributed by atoms with E-state index in [2.05, 4.69) is 30.3 Å². The van der Waals surface area contributed by atoms with Crippen molar-refractivity contribution < 1.29 is 24.6 Å². The van der Waals surface area contributed by atoms with Crippen LogP contribution in [0.5, 0.6) is 0 Å². The van der Waals surface area contributed by atoms with Crippen LogP contribution in [0.4, 0.5) is 5.69 Å². The van der Waals surface area contributed by atoms with Gasteiger partial charge in [-0.3, -0.25) is 4.79 Å². The molecular formula is C18H28N2O5. The molecule has 0 bridgehead atoms. The summed E-state index contributed by atoms with van der Waals surface area (Å²) >= 11 is 0. The van der Waals surface area contributed by atoms with Crippen molar-refractivity contribution >= 4 is 23.5 Å². The maximum Gasteiger partial charge on any atom is 0.414 e.